The first kappa shape index (κ1) is 99.9. The molecule has 18 N–H and O–H groups in total. The molecule has 3 rings (SSSR count). The van der Waals surface area contributed by atoms with E-state index in [1.54, 1.807) is 4.90 Å². The molecule has 3 fully saturated rings. The Bertz CT molecular complexity index is 3110. The monoisotopic (exact) mass is 1650 g/mol. The van der Waals surface area contributed by atoms with Crippen molar-refractivity contribution in [2.45, 2.75) is 107 Å². The lowest BCUT2D eigenvalue weighted by Gasteiger charge is -2.36. The summed E-state index contributed by atoms with van der Waals surface area (Å²) in [6.45, 7) is -4.18. The van der Waals surface area contributed by atoms with Crippen molar-refractivity contribution in [2.24, 2.45) is 5.73 Å². The molecule has 0 aromatic carbocycles. The van der Waals surface area contributed by atoms with E-state index in [4.69, 9.17) is 5.73 Å². The van der Waals surface area contributed by atoms with Crippen molar-refractivity contribution < 1.29 is 143 Å². The number of carbonyl (C=O) groups is 17. The molecular weight excluding hydrogens is 1530 g/mol. The first-order valence-corrected chi connectivity index (χ1v) is 38.1. The van der Waals surface area contributed by atoms with Crippen molar-refractivity contribution in [2.75, 3.05) is 229 Å². The van der Waals surface area contributed by atoms with Gasteiger partial charge in [0, 0.05) is 176 Å². The van der Waals surface area contributed by atoms with Crippen LogP contribution in [0.5, 0.6) is 0 Å². The number of aldehydes is 1. The zero-order valence-corrected chi connectivity index (χ0v) is 64.8. The third-order valence-corrected chi connectivity index (χ3v) is 19.8. The van der Waals surface area contributed by atoms with Crippen LogP contribution in [0, 0.1) is 0 Å². The summed E-state index contributed by atoms with van der Waals surface area (Å²) in [6, 6.07) is -8.25. The number of nitrogens with two attached hydrogens (primary N) is 1. The van der Waals surface area contributed by atoms with Gasteiger partial charge in [-0.3, -0.25) is 136 Å². The average Bonchev–Trinajstić information content (AvgIpc) is 0.873. The number of carboxylic acid groups (broad SMARTS) is 12. The summed E-state index contributed by atoms with van der Waals surface area (Å²) < 4.78 is 0. The van der Waals surface area contributed by atoms with Gasteiger partial charge in [0.2, 0.25) is 23.6 Å². The zero-order chi connectivity index (χ0) is 85.7. The molecule has 3 heterocycles. The molecule has 4 unspecified atom stereocenters. The van der Waals surface area contributed by atoms with Gasteiger partial charge in [-0.2, -0.15) is 0 Å². The van der Waals surface area contributed by atoms with E-state index in [0.29, 0.717) is 6.29 Å². The molecule has 0 aromatic rings. The lowest BCUT2D eigenvalue weighted by molar-refractivity contribution is -0.145. The number of hydrogen-bond acceptors (Lipinski definition) is 30. The standard InChI is InChI=1S/C69H117N17O29/c70-65(108)49(5-1-4-12-72-54(88)9-7-51(67(110)111)84-31-25-78(41-59(96)97)19-13-75(38-56(90)91)14-20-79(26-32-84)42-60(98)99)74-66(109)50(73-55(89)10-8-52(68(112)113)85-33-27-80(43-61(100)101)21-15-76(39-57(92)93)16-22-81(28-34-85)44-62(102)103)6-2-3-11-71-48(47-87)37-53(69(114)115)86-35-29-82(45-63(104)105)23-17-77(40-58(94)95)18-24-83(30-36-86)46-64(106)107/h47-53,71H,1-46H2,(H2,70,108)(H,72,88)(H,73,89)(H,74,109)(H,90,91)(H,92,93)(H,94,95)(H,96,97)(H,98,99)(H,100,101)(H,102,103)(H,104,105)(H,106,107)(H,110,111)(H,112,113)(H,114,115)/t48?,49-,50-,51?,52?,53?/m0/s1. The Balaban J connectivity index is 1.87. The highest BCUT2D eigenvalue weighted by Crippen LogP contribution is 2.17. The third-order valence-electron chi connectivity index (χ3n) is 19.8. The number of carbonyl (C=O) groups excluding carboxylic acids is 5. The fraction of sp³-hybridized carbons (Fsp3) is 0.754. The Morgan fingerprint density at radius 2 is 0.557 bits per heavy atom. The summed E-state index contributed by atoms with van der Waals surface area (Å²) in [5.41, 5.74) is 5.81. The molecule has 46 nitrogen and oxygen atoms in total. The van der Waals surface area contributed by atoms with Crippen LogP contribution in [0.2, 0.25) is 0 Å². The van der Waals surface area contributed by atoms with E-state index < -0.39 is 203 Å². The summed E-state index contributed by atoms with van der Waals surface area (Å²) in [7, 11) is 0. The Labute approximate surface area is 663 Å². The Morgan fingerprint density at radius 3 is 0.817 bits per heavy atom. The number of amides is 4. The fourth-order valence-corrected chi connectivity index (χ4v) is 13.7. The van der Waals surface area contributed by atoms with Crippen molar-refractivity contribution in [3.05, 3.63) is 0 Å². The third kappa shape index (κ3) is 43.8. The molecule has 4 amide bonds. The smallest absolute Gasteiger partial charge is 0.320 e. The first-order chi connectivity index (χ1) is 54.4. The van der Waals surface area contributed by atoms with E-state index in [0.717, 1.165) is 0 Å². The molecule has 0 saturated carbocycles. The van der Waals surface area contributed by atoms with Gasteiger partial charge in [-0.1, -0.05) is 0 Å². The number of unbranched alkanes of at least 4 members (excludes halogenated alkanes) is 2. The molecule has 3 aliphatic rings. The maximum Gasteiger partial charge on any atom is 0.320 e. The van der Waals surface area contributed by atoms with Gasteiger partial charge < -0.3 is 93.1 Å². The van der Waals surface area contributed by atoms with Crippen LogP contribution in [0.4, 0.5) is 0 Å². The second-order valence-corrected chi connectivity index (χ2v) is 28.6. The SMILES string of the molecule is NC(=O)[C@H](CCCCNC(=O)CCC(C(=O)O)N1CCN(CC(=O)O)CCN(CC(=O)O)CCN(CC(=O)O)CC1)NC(=O)[C@H](CCCCNC(C=O)CC(C(=O)O)N1CCN(CC(=O)O)CCN(CC(=O)O)CCN(CC(=O)O)CC1)NC(=O)CCC(C(=O)O)N1CCN(CC(=O)O)CCN(CC(=O)O)CCN(CC(=O)O)CC1. The second kappa shape index (κ2) is 54.5. The van der Waals surface area contributed by atoms with E-state index in [1.165, 1.54) is 53.9 Å². The maximum atomic E-state index is 14.4. The Hall–Kier alpha value is -9.33. The minimum absolute atomic E-state index is 0.0107. The predicted octanol–water partition coefficient (Wildman–Crippen LogP) is -8.21. The molecule has 0 aliphatic carbocycles. The summed E-state index contributed by atoms with van der Waals surface area (Å²) in [6.07, 6.45) is -1.31. The molecule has 0 aromatic heterocycles. The Morgan fingerprint density at radius 1 is 0.304 bits per heavy atom. The number of nitrogens with zero attached hydrogens (tertiary/aromatic N) is 12. The molecule has 3 saturated heterocycles. The van der Waals surface area contributed by atoms with E-state index in [-0.39, 0.29) is 228 Å². The molecule has 115 heavy (non-hydrogen) atoms. The number of carboxylic acids is 12. The van der Waals surface area contributed by atoms with Crippen molar-refractivity contribution in [3.8, 4) is 0 Å². The highest BCUT2D eigenvalue weighted by Gasteiger charge is 2.35. The van der Waals surface area contributed by atoms with Crippen LogP contribution in [-0.2, 0) is 81.5 Å². The van der Waals surface area contributed by atoms with Crippen molar-refractivity contribution in [3.63, 3.8) is 0 Å². The maximum absolute atomic E-state index is 14.4. The van der Waals surface area contributed by atoms with Crippen LogP contribution in [0.1, 0.15) is 70.6 Å². The van der Waals surface area contributed by atoms with E-state index in [2.05, 4.69) is 21.3 Å². The minimum Gasteiger partial charge on any atom is -0.480 e. The summed E-state index contributed by atoms with van der Waals surface area (Å²) >= 11 is 0. The van der Waals surface area contributed by atoms with Crippen LogP contribution >= 0.6 is 0 Å². The molecule has 3 aliphatic heterocycles. The summed E-state index contributed by atoms with van der Waals surface area (Å²) in [4.78, 5) is 231. The van der Waals surface area contributed by atoms with E-state index in [9.17, 15) is 143 Å². The van der Waals surface area contributed by atoms with Gasteiger partial charge in [0.05, 0.1) is 64.9 Å². The van der Waals surface area contributed by atoms with Crippen LogP contribution in [-0.4, -0.2) is 487 Å². The van der Waals surface area contributed by atoms with Gasteiger partial charge in [0.15, 0.2) is 0 Å². The van der Waals surface area contributed by atoms with Crippen molar-refractivity contribution in [1.29, 1.82) is 0 Å². The predicted molar refractivity (Wildman–Crippen MR) is 400 cm³/mol. The fourth-order valence-electron chi connectivity index (χ4n) is 13.7. The van der Waals surface area contributed by atoms with Gasteiger partial charge in [-0.25, -0.2) is 0 Å². The highest BCUT2D eigenvalue weighted by atomic mass is 16.4. The van der Waals surface area contributed by atoms with Gasteiger partial charge in [-0.05, 0) is 64.3 Å². The summed E-state index contributed by atoms with van der Waals surface area (Å²) in [5.74, 6) is -18.3. The van der Waals surface area contributed by atoms with Gasteiger partial charge >= 0.3 is 71.6 Å². The second-order valence-electron chi connectivity index (χ2n) is 28.6. The largest absolute Gasteiger partial charge is 0.480 e. The lowest BCUT2D eigenvalue weighted by Crippen LogP contribution is -2.53. The quantitative estimate of drug-likeness (QED) is 0.0199. The normalized spacial score (nSPS) is 19.2. The highest BCUT2D eigenvalue weighted by molar-refractivity contribution is 5.92. The average molecular weight is 1650 g/mol. The zero-order valence-electron chi connectivity index (χ0n) is 64.8. The molecule has 46 heteroatoms. The van der Waals surface area contributed by atoms with E-state index >= 15 is 0 Å². The lowest BCUT2D eigenvalue weighted by atomic mass is 10.0. The first-order valence-electron chi connectivity index (χ1n) is 38.1. The number of hydrogen-bond donors (Lipinski definition) is 17. The number of primary amides is 1. The molecule has 6 atom stereocenters. The minimum atomic E-state index is -1.48. The molecule has 0 radical (unpaired) electrons. The molecule has 0 spiro atoms. The number of nitrogens with one attached hydrogen (secondary N) is 4. The molecular formula is C69H117N17O29. The molecule has 652 valence electrons. The molecule has 0 bridgehead atoms. The van der Waals surface area contributed by atoms with Crippen LogP contribution in [0.3, 0.4) is 0 Å². The van der Waals surface area contributed by atoms with Crippen molar-refractivity contribution in [1.82, 2.24) is 80.1 Å². The van der Waals surface area contributed by atoms with Crippen LogP contribution in [0.25, 0.3) is 0 Å². The van der Waals surface area contributed by atoms with Gasteiger partial charge in [0.1, 0.15) is 36.5 Å². The van der Waals surface area contributed by atoms with Crippen LogP contribution < -0.4 is 27.0 Å². The van der Waals surface area contributed by atoms with E-state index in [1.807, 2.05) is 0 Å². The topological polar surface area (TPSA) is 646 Å². The number of rotatable bonds is 48. The number of aliphatic carboxylic acids is 12. The Kier molecular flexibility index (Phi) is 47.3. The van der Waals surface area contributed by atoms with Crippen molar-refractivity contribution >= 4 is 102 Å². The van der Waals surface area contributed by atoms with Gasteiger partial charge in [0.25, 0.3) is 0 Å². The van der Waals surface area contributed by atoms with Gasteiger partial charge in [-0.15, -0.1) is 0 Å². The van der Waals surface area contributed by atoms with Crippen LogP contribution in [0.15, 0.2) is 0 Å². The summed E-state index contributed by atoms with van der Waals surface area (Å²) in [5, 5.41) is 130.